The summed E-state index contributed by atoms with van der Waals surface area (Å²) in [5, 5.41) is 0. The molecule has 100 valence electrons. The normalized spacial score (nSPS) is 8.28. The third-order valence-electron chi connectivity index (χ3n) is 1.67. The summed E-state index contributed by atoms with van der Waals surface area (Å²) >= 11 is 0. The first-order valence-corrected chi connectivity index (χ1v) is 6.34. The Kier molecular flexibility index (Phi) is 14.1. The molecule has 0 atom stereocenters. The molecule has 0 unspecified atom stereocenters. The van der Waals surface area contributed by atoms with Gasteiger partial charge >= 0.3 is 0 Å². The van der Waals surface area contributed by atoms with Gasteiger partial charge in [0.1, 0.15) is 0 Å². The monoisotopic (exact) mass is 244 g/mol. The number of hydrogen-bond donors (Lipinski definition) is 0. The highest BCUT2D eigenvalue weighted by Crippen LogP contribution is 1.97. The van der Waals surface area contributed by atoms with Crippen molar-refractivity contribution >= 4 is 6.08 Å². The molecule has 0 aromatic heterocycles. The smallest absolute Gasteiger partial charge is 0.0263 e. The van der Waals surface area contributed by atoms with Gasteiger partial charge in [0.05, 0.1) is 0 Å². The molecular formula is C18H28. The Morgan fingerprint density at radius 3 is 1.72 bits per heavy atom. The predicted octanol–water partition coefficient (Wildman–Crippen LogP) is 6.13. The first-order valence-electron chi connectivity index (χ1n) is 6.34. The summed E-state index contributed by atoms with van der Waals surface area (Å²) in [6.07, 6.45) is 4.92. The van der Waals surface area contributed by atoms with Crippen LogP contribution in [0, 0.1) is 5.92 Å². The molecule has 18 heavy (non-hydrogen) atoms. The average Bonchev–Trinajstić information content (AvgIpc) is 2.30. The van der Waals surface area contributed by atoms with Gasteiger partial charge in [-0.15, -0.1) is 13.2 Å². The molecule has 0 nitrogen and oxygen atoms in total. The zero-order valence-corrected chi connectivity index (χ0v) is 12.4. The molecule has 1 aromatic rings. The van der Waals surface area contributed by atoms with Gasteiger partial charge in [0.25, 0.3) is 0 Å². The number of allylic oxidation sites excluding steroid dienone is 2. The summed E-state index contributed by atoms with van der Waals surface area (Å²) < 4.78 is 0. The Morgan fingerprint density at radius 1 is 1.11 bits per heavy atom. The van der Waals surface area contributed by atoms with Gasteiger partial charge in [-0.2, -0.15) is 0 Å². The highest BCUT2D eigenvalue weighted by atomic mass is 13.9. The second-order valence-electron chi connectivity index (χ2n) is 4.74. The fraction of sp³-hybridized carbons (Fsp3) is 0.333. The minimum absolute atomic E-state index is 0.780. The molecule has 0 aliphatic heterocycles. The highest BCUT2D eigenvalue weighted by molar-refractivity contribution is 5.45. The van der Waals surface area contributed by atoms with Crippen molar-refractivity contribution in [2.45, 2.75) is 34.1 Å². The molecular weight excluding hydrogens is 216 g/mol. The SMILES string of the molecule is C=C(C)C.C=CCC(C)C.C=Cc1ccccc1. The summed E-state index contributed by atoms with van der Waals surface area (Å²) in [7, 11) is 0. The van der Waals surface area contributed by atoms with Gasteiger partial charge in [-0.1, -0.05) is 68.5 Å². The molecule has 0 fully saturated rings. The van der Waals surface area contributed by atoms with Crippen LogP contribution in [-0.2, 0) is 0 Å². The lowest BCUT2D eigenvalue weighted by molar-refractivity contribution is 0.664. The molecule has 0 saturated carbocycles. The van der Waals surface area contributed by atoms with Crippen LogP contribution in [0.15, 0.2) is 61.7 Å². The van der Waals surface area contributed by atoms with Crippen molar-refractivity contribution in [1.29, 1.82) is 0 Å². The predicted molar refractivity (Wildman–Crippen MR) is 86.7 cm³/mol. The van der Waals surface area contributed by atoms with Gasteiger partial charge < -0.3 is 0 Å². The van der Waals surface area contributed by atoms with Crippen LogP contribution in [0.3, 0.4) is 0 Å². The minimum Gasteiger partial charge on any atom is -0.103 e. The molecule has 1 rings (SSSR count). The molecule has 0 saturated heterocycles. The van der Waals surface area contributed by atoms with Gasteiger partial charge in [0, 0.05) is 0 Å². The summed E-state index contributed by atoms with van der Waals surface area (Å²) in [5.41, 5.74) is 2.34. The first kappa shape index (κ1) is 18.8. The van der Waals surface area contributed by atoms with E-state index >= 15 is 0 Å². The summed E-state index contributed by atoms with van der Waals surface area (Å²) in [6.45, 7) is 19.1. The van der Waals surface area contributed by atoms with E-state index in [1.54, 1.807) is 0 Å². The summed E-state index contributed by atoms with van der Waals surface area (Å²) in [5.74, 6) is 0.780. The van der Waals surface area contributed by atoms with Crippen LogP contribution >= 0.6 is 0 Å². The summed E-state index contributed by atoms with van der Waals surface area (Å²) in [6, 6.07) is 10.0. The van der Waals surface area contributed by atoms with E-state index in [4.69, 9.17) is 0 Å². The van der Waals surface area contributed by atoms with Crippen LogP contribution < -0.4 is 0 Å². The van der Waals surface area contributed by atoms with E-state index in [2.05, 4.69) is 33.6 Å². The lowest BCUT2D eigenvalue weighted by atomic mass is 10.1. The lowest BCUT2D eigenvalue weighted by Crippen LogP contribution is -1.78. The average molecular weight is 244 g/mol. The zero-order chi connectivity index (χ0) is 14.4. The van der Waals surface area contributed by atoms with Crippen LogP contribution in [0.25, 0.3) is 6.08 Å². The van der Waals surface area contributed by atoms with Crippen molar-refractivity contribution in [3.05, 3.63) is 67.3 Å². The zero-order valence-electron chi connectivity index (χ0n) is 12.4. The number of rotatable bonds is 3. The van der Waals surface area contributed by atoms with Crippen LogP contribution in [0.4, 0.5) is 0 Å². The minimum atomic E-state index is 0.780. The van der Waals surface area contributed by atoms with Crippen LogP contribution in [0.2, 0.25) is 0 Å². The number of hydrogen-bond acceptors (Lipinski definition) is 0. The van der Waals surface area contributed by atoms with Crippen molar-refractivity contribution in [3.8, 4) is 0 Å². The molecule has 0 spiro atoms. The summed E-state index contributed by atoms with van der Waals surface area (Å²) in [4.78, 5) is 0. The lowest BCUT2D eigenvalue weighted by Gasteiger charge is -1.92. The third kappa shape index (κ3) is 19.9. The molecule has 0 aliphatic carbocycles. The Balaban J connectivity index is 0. The maximum atomic E-state index is 3.63. The van der Waals surface area contributed by atoms with Crippen molar-refractivity contribution < 1.29 is 0 Å². The molecule has 0 bridgehead atoms. The van der Waals surface area contributed by atoms with Crippen molar-refractivity contribution in [2.75, 3.05) is 0 Å². The quantitative estimate of drug-likeness (QED) is 0.561. The molecule has 1 aromatic carbocycles. The van der Waals surface area contributed by atoms with E-state index in [-0.39, 0.29) is 0 Å². The third-order valence-corrected chi connectivity index (χ3v) is 1.67. The maximum absolute atomic E-state index is 3.63. The van der Waals surface area contributed by atoms with E-state index in [1.807, 2.05) is 56.3 Å². The fourth-order valence-electron chi connectivity index (χ4n) is 0.922. The van der Waals surface area contributed by atoms with E-state index in [0.29, 0.717) is 0 Å². The van der Waals surface area contributed by atoms with E-state index in [1.165, 1.54) is 11.1 Å². The second-order valence-corrected chi connectivity index (χ2v) is 4.74. The highest BCUT2D eigenvalue weighted by Gasteiger charge is 1.82. The Bertz CT molecular complexity index is 313. The van der Waals surface area contributed by atoms with Gasteiger partial charge in [-0.3, -0.25) is 0 Å². The van der Waals surface area contributed by atoms with Crippen LogP contribution in [0.5, 0.6) is 0 Å². The van der Waals surface area contributed by atoms with Gasteiger partial charge in [0.15, 0.2) is 0 Å². The van der Waals surface area contributed by atoms with Crippen molar-refractivity contribution in [2.24, 2.45) is 5.92 Å². The van der Waals surface area contributed by atoms with E-state index < -0.39 is 0 Å². The van der Waals surface area contributed by atoms with Crippen molar-refractivity contribution in [1.82, 2.24) is 0 Å². The molecule has 0 heteroatoms. The van der Waals surface area contributed by atoms with Gasteiger partial charge in [-0.05, 0) is 31.7 Å². The molecule has 0 heterocycles. The standard InChI is InChI=1S/C8H8.C6H12.C4H8/c1-2-8-6-4-3-5-7-8;1-4-5-6(2)3;1-4(2)3/h2-7H,1H2;4,6H,1,5H2,2-3H3;1H2,2-3H3. The van der Waals surface area contributed by atoms with Gasteiger partial charge in [-0.25, -0.2) is 0 Å². The second kappa shape index (κ2) is 13.5. The Morgan fingerprint density at radius 2 is 1.56 bits per heavy atom. The number of benzene rings is 1. The van der Waals surface area contributed by atoms with Gasteiger partial charge in [0.2, 0.25) is 0 Å². The van der Waals surface area contributed by atoms with Crippen molar-refractivity contribution in [3.63, 3.8) is 0 Å². The Hall–Kier alpha value is -1.56. The van der Waals surface area contributed by atoms with E-state index in [0.717, 1.165) is 12.3 Å². The van der Waals surface area contributed by atoms with Crippen LogP contribution in [-0.4, -0.2) is 0 Å². The fourth-order valence-corrected chi connectivity index (χ4v) is 0.922. The molecule has 0 radical (unpaired) electrons. The largest absolute Gasteiger partial charge is 0.103 e. The molecule has 0 aliphatic rings. The van der Waals surface area contributed by atoms with E-state index in [9.17, 15) is 0 Å². The Labute approximate surface area is 114 Å². The first-order chi connectivity index (χ1) is 8.43. The van der Waals surface area contributed by atoms with Crippen LogP contribution in [0.1, 0.15) is 39.7 Å². The molecule has 0 amide bonds. The topological polar surface area (TPSA) is 0 Å². The molecule has 0 N–H and O–H groups in total. The maximum Gasteiger partial charge on any atom is -0.0263 e.